The highest BCUT2D eigenvalue weighted by Crippen LogP contribution is 2.39. The fraction of sp³-hybridized carbons (Fsp3) is 0.179. The Hall–Kier alpha value is -4.59. The van der Waals surface area contributed by atoms with E-state index in [1.54, 1.807) is 4.90 Å². The maximum absolute atomic E-state index is 13.3. The van der Waals surface area contributed by atoms with Crippen LogP contribution in [0.3, 0.4) is 0 Å². The molecule has 3 heterocycles. The van der Waals surface area contributed by atoms with Crippen LogP contribution in [0, 0.1) is 6.92 Å². The molecule has 1 aromatic heterocycles. The van der Waals surface area contributed by atoms with Crippen LogP contribution >= 0.6 is 0 Å². The van der Waals surface area contributed by atoms with Gasteiger partial charge in [0.05, 0.1) is 18.2 Å². The van der Waals surface area contributed by atoms with E-state index < -0.39 is 6.04 Å². The number of nitrogens with zero attached hydrogens (tertiary/aromatic N) is 3. The van der Waals surface area contributed by atoms with Gasteiger partial charge in [0.1, 0.15) is 0 Å². The third kappa shape index (κ3) is 3.96. The van der Waals surface area contributed by atoms with Gasteiger partial charge in [-0.25, -0.2) is 4.79 Å². The third-order valence-corrected chi connectivity index (χ3v) is 6.44. The Morgan fingerprint density at radius 3 is 2.64 bits per heavy atom. The molecule has 3 aromatic carbocycles. The minimum absolute atomic E-state index is 0.200. The van der Waals surface area contributed by atoms with E-state index in [9.17, 15) is 4.79 Å². The third-order valence-electron chi connectivity index (χ3n) is 6.44. The maximum Gasteiger partial charge on any atom is 0.322 e. The van der Waals surface area contributed by atoms with Gasteiger partial charge in [0.25, 0.3) is 5.89 Å². The molecule has 180 valence electrons. The highest BCUT2D eigenvalue weighted by molar-refractivity contribution is 5.87. The molecule has 2 aliphatic heterocycles. The molecule has 0 spiro atoms. The van der Waals surface area contributed by atoms with Gasteiger partial charge in [-0.15, -0.1) is 0 Å². The summed E-state index contributed by atoms with van der Waals surface area (Å²) in [5, 5.41) is 7.39. The first-order valence-electron chi connectivity index (χ1n) is 11.7. The molecule has 0 bridgehead atoms. The molecular formula is C28H24N4O4. The van der Waals surface area contributed by atoms with Gasteiger partial charge in [-0.3, -0.25) is 4.90 Å². The van der Waals surface area contributed by atoms with E-state index in [0.29, 0.717) is 29.8 Å². The smallest absolute Gasteiger partial charge is 0.322 e. The molecule has 4 aromatic rings. The number of nitrogens with one attached hydrogen (secondary N) is 1. The Bertz CT molecular complexity index is 1480. The second-order valence-electron chi connectivity index (χ2n) is 8.86. The Morgan fingerprint density at radius 2 is 1.81 bits per heavy atom. The van der Waals surface area contributed by atoms with Gasteiger partial charge < -0.3 is 19.3 Å². The summed E-state index contributed by atoms with van der Waals surface area (Å²) in [6.45, 7) is 4.48. The van der Waals surface area contributed by atoms with Crippen molar-refractivity contribution in [2.45, 2.75) is 26.4 Å². The second kappa shape index (κ2) is 8.88. The van der Waals surface area contributed by atoms with E-state index >= 15 is 0 Å². The number of fused-ring (bicyclic) bond motifs is 1. The molecule has 8 heteroatoms. The highest BCUT2D eigenvalue weighted by Gasteiger charge is 2.36. The van der Waals surface area contributed by atoms with E-state index in [1.165, 1.54) is 0 Å². The lowest BCUT2D eigenvalue weighted by Gasteiger charge is -2.35. The predicted molar refractivity (Wildman–Crippen MR) is 133 cm³/mol. The number of allylic oxidation sites excluding steroid dienone is 1. The summed E-state index contributed by atoms with van der Waals surface area (Å²) >= 11 is 0. The highest BCUT2D eigenvalue weighted by atomic mass is 16.7. The van der Waals surface area contributed by atoms with E-state index in [2.05, 4.69) is 10.5 Å². The van der Waals surface area contributed by atoms with E-state index in [-0.39, 0.29) is 12.8 Å². The van der Waals surface area contributed by atoms with Crippen LogP contribution < -0.4 is 14.8 Å². The molecule has 0 saturated carbocycles. The number of aromatic nitrogens is 2. The van der Waals surface area contributed by atoms with E-state index in [0.717, 1.165) is 33.5 Å². The number of carbonyl (C=O) groups is 1. The molecule has 2 aliphatic rings. The minimum Gasteiger partial charge on any atom is -0.454 e. The summed E-state index contributed by atoms with van der Waals surface area (Å²) in [5.41, 5.74) is 5.32. The van der Waals surface area contributed by atoms with Crippen molar-refractivity contribution in [1.29, 1.82) is 0 Å². The average Bonchev–Trinajstić information content (AvgIpc) is 3.56. The zero-order chi connectivity index (χ0) is 24.6. The maximum atomic E-state index is 13.3. The Kier molecular flexibility index (Phi) is 5.41. The fourth-order valence-electron chi connectivity index (χ4n) is 4.60. The lowest BCUT2D eigenvalue weighted by Crippen LogP contribution is -2.45. The average molecular weight is 481 g/mol. The van der Waals surface area contributed by atoms with Crippen molar-refractivity contribution in [3.8, 4) is 22.9 Å². The zero-order valence-corrected chi connectivity index (χ0v) is 19.9. The monoisotopic (exact) mass is 480 g/mol. The molecule has 6 rings (SSSR count). The first kappa shape index (κ1) is 21.9. The van der Waals surface area contributed by atoms with Crippen molar-refractivity contribution in [2.75, 3.05) is 6.79 Å². The standard InChI is InChI=1S/C28H24N4O4/c1-17-7-6-10-21(13-17)26-30-27(36-31-26)24-18(2)32(15-19-11-12-22-23(14-19)35-16-34-22)28(33)29-25(24)20-8-4-3-5-9-20/h3-14,25H,15-16H2,1-2H3,(H,29,33). The molecule has 36 heavy (non-hydrogen) atoms. The molecule has 0 radical (unpaired) electrons. The summed E-state index contributed by atoms with van der Waals surface area (Å²) in [7, 11) is 0. The van der Waals surface area contributed by atoms with Gasteiger partial charge >= 0.3 is 6.03 Å². The van der Waals surface area contributed by atoms with Crippen molar-refractivity contribution in [3.63, 3.8) is 0 Å². The Labute approximate surface area is 208 Å². The molecule has 1 N–H and O–H groups in total. The van der Waals surface area contributed by atoms with Crippen LogP contribution in [-0.4, -0.2) is 27.9 Å². The van der Waals surface area contributed by atoms with Crippen LogP contribution in [0.2, 0.25) is 0 Å². The topological polar surface area (TPSA) is 89.7 Å². The lowest BCUT2D eigenvalue weighted by atomic mass is 9.94. The number of benzene rings is 3. The summed E-state index contributed by atoms with van der Waals surface area (Å²) in [6, 6.07) is 22.8. The van der Waals surface area contributed by atoms with Gasteiger partial charge in [-0.05, 0) is 43.2 Å². The van der Waals surface area contributed by atoms with Gasteiger partial charge in [-0.2, -0.15) is 4.98 Å². The second-order valence-corrected chi connectivity index (χ2v) is 8.86. The van der Waals surface area contributed by atoms with Crippen LogP contribution in [0.5, 0.6) is 11.5 Å². The Morgan fingerprint density at radius 1 is 0.972 bits per heavy atom. The first-order chi connectivity index (χ1) is 17.6. The quantitative estimate of drug-likeness (QED) is 0.407. The molecule has 0 aliphatic carbocycles. The van der Waals surface area contributed by atoms with E-state index in [1.807, 2.05) is 86.6 Å². The number of ether oxygens (including phenoxy) is 2. The number of hydrogen-bond acceptors (Lipinski definition) is 6. The van der Waals surface area contributed by atoms with Gasteiger partial charge in [0.2, 0.25) is 12.6 Å². The summed E-state index contributed by atoms with van der Waals surface area (Å²) in [4.78, 5) is 19.7. The first-order valence-corrected chi connectivity index (χ1v) is 11.7. The normalized spacial score (nSPS) is 16.9. The molecule has 1 atom stereocenters. The largest absolute Gasteiger partial charge is 0.454 e. The fourth-order valence-corrected chi connectivity index (χ4v) is 4.60. The predicted octanol–water partition coefficient (Wildman–Crippen LogP) is 5.47. The lowest BCUT2D eigenvalue weighted by molar-refractivity contribution is 0.174. The van der Waals surface area contributed by atoms with Gasteiger partial charge in [0, 0.05) is 11.3 Å². The van der Waals surface area contributed by atoms with Crippen LogP contribution in [-0.2, 0) is 6.54 Å². The van der Waals surface area contributed by atoms with Crippen LogP contribution in [0.1, 0.15) is 35.5 Å². The molecule has 1 unspecified atom stereocenters. The van der Waals surface area contributed by atoms with Gasteiger partial charge in [-0.1, -0.05) is 65.3 Å². The number of rotatable bonds is 5. The van der Waals surface area contributed by atoms with Crippen LogP contribution in [0.4, 0.5) is 4.79 Å². The van der Waals surface area contributed by atoms with Crippen molar-refractivity contribution < 1.29 is 18.8 Å². The number of amides is 2. The summed E-state index contributed by atoms with van der Waals surface area (Å²) in [5.74, 6) is 2.25. The molecule has 8 nitrogen and oxygen atoms in total. The number of carbonyl (C=O) groups excluding carboxylic acids is 1. The number of aryl methyl sites for hydroxylation is 1. The number of hydrogen-bond donors (Lipinski definition) is 1. The van der Waals surface area contributed by atoms with Crippen molar-refractivity contribution in [3.05, 3.63) is 101 Å². The van der Waals surface area contributed by atoms with Crippen LogP contribution in [0.15, 0.2) is 83.0 Å². The molecular weight excluding hydrogens is 456 g/mol. The molecule has 0 fully saturated rings. The van der Waals surface area contributed by atoms with E-state index in [4.69, 9.17) is 19.0 Å². The zero-order valence-electron chi connectivity index (χ0n) is 19.9. The van der Waals surface area contributed by atoms with Gasteiger partial charge in [0.15, 0.2) is 11.5 Å². The van der Waals surface area contributed by atoms with Crippen LogP contribution in [0.25, 0.3) is 17.0 Å². The Balaban J connectivity index is 1.42. The van der Waals surface area contributed by atoms with Crippen molar-refractivity contribution in [2.24, 2.45) is 0 Å². The van der Waals surface area contributed by atoms with Crippen molar-refractivity contribution >= 4 is 11.6 Å². The molecule has 0 saturated heterocycles. The number of urea groups is 1. The SMILES string of the molecule is CC1=C(c2nc(-c3cccc(C)c3)no2)C(c2ccccc2)NC(=O)N1Cc1ccc2c(c1)OCO2. The minimum atomic E-state index is -0.433. The summed E-state index contributed by atoms with van der Waals surface area (Å²) in [6.07, 6.45) is 0. The molecule has 2 amide bonds. The summed E-state index contributed by atoms with van der Waals surface area (Å²) < 4.78 is 16.7. The van der Waals surface area contributed by atoms with Crippen molar-refractivity contribution in [1.82, 2.24) is 20.4 Å².